The Morgan fingerprint density at radius 1 is 1.38 bits per heavy atom. The van der Waals surface area contributed by atoms with E-state index >= 15 is 0 Å². The first-order chi connectivity index (χ1) is 6.25. The summed E-state index contributed by atoms with van der Waals surface area (Å²) in [5.74, 6) is 0. The number of hydrogen-bond acceptors (Lipinski definition) is 1. The molecule has 0 saturated carbocycles. The molecule has 1 aromatic rings. The molecule has 1 N–H and O–H groups in total. The molecular weight excluding hydrogens is 180 g/mol. The van der Waals surface area contributed by atoms with Crippen LogP contribution in [0, 0.1) is 11.7 Å². The summed E-state index contributed by atoms with van der Waals surface area (Å²) in [5.41, 5.74) is 1.24. The number of aryl methyl sites for hydroxylation is 1. The smallest absolute Gasteiger partial charge is 0.177 e. The second-order valence-corrected chi connectivity index (χ2v) is 3.83. The molecule has 1 aromatic heterocycles. The van der Waals surface area contributed by atoms with Crippen molar-refractivity contribution in [3.05, 3.63) is 16.7 Å². The summed E-state index contributed by atoms with van der Waals surface area (Å²) < 4.78 is 3.03. The molecule has 1 rings (SSSR count). The van der Waals surface area contributed by atoms with Crippen molar-refractivity contribution >= 4 is 12.2 Å². The van der Waals surface area contributed by atoms with Gasteiger partial charge in [0.25, 0.3) is 0 Å². The molecule has 0 aliphatic carbocycles. The number of hydrogen-bond donors (Lipinski definition) is 1. The fourth-order valence-electron chi connectivity index (χ4n) is 1.46. The lowest BCUT2D eigenvalue weighted by Gasteiger charge is -2.04. The molecule has 74 valence electrons. The molecule has 0 aromatic carbocycles. The molecular formula is C10H18N2S. The molecule has 0 unspecified atom stereocenters. The van der Waals surface area contributed by atoms with E-state index < -0.39 is 0 Å². The van der Waals surface area contributed by atoms with E-state index in [0.717, 1.165) is 11.3 Å². The molecule has 0 radical (unpaired) electrons. The number of nitrogens with one attached hydrogen (secondary N) is 1. The van der Waals surface area contributed by atoms with E-state index in [1.54, 1.807) is 0 Å². The number of rotatable bonds is 5. The van der Waals surface area contributed by atoms with Crippen LogP contribution in [0.5, 0.6) is 0 Å². The van der Waals surface area contributed by atoms with Crippen LogP contribution in [0.25, 0.3) is 0 Å². The molecule has 2 nitrogen and oxygen atoms in total. The Kier molecular flexibility index (Phi) is 4.22. The van der Waals surface area contributed by atoms with Gasteiger partial charge in [-0.15, -0.1) is 0 Å². The fraction of sp³-hybridized carbons (Fsp3) is 0.700. The number of aromatic amines is 1. The van der Waals surface area contributed by atoms with Crippen molar-refractivity contribution in [2.24, 2.45) is 0 Å². The van der Waals surface area contributed by atoms with Gasteiger partial charge in [0.05, 0.1) is 0 Å². The van der Waals surface area contributed by atoms with E-state index in [1.165, 1.54) is 31.4 Å². The first-order valence-electron chi connectivity index (χ1n) is 5.00. The number of aromatic nitrogens is 2. The average molecular weight is 198 g/mol. The van der Waals surface area contributed by atoms with Crippen molar-refractivity contribution < 1.29 is 0 Å². The Bertz CT molecular complexity index is 298. The monoisotopic (exact) mass is 198 g/mol. The van der Waals surface area contributed by atoms with Crippen LogP contribution in [0.15, 0.2) is 6.20 Å². The lowest BCUT2D eigenvalue weighted by atomic mass is 10.2. The topological polar surface area (TPSA) is 20.7 Å². The van der Waals surface area contributed by atoms with Gasteiger partial charge >= 0.3 is 0 Å². The molecule has 0 aliphatic heterocycles. The Labute approximate surface area is 85.0 Å². The summed E-state index contributed by atoms with van der Waals surface area (Å²) in [6, 6.07) is 0. The predicted molar refractivity (Wildman–Crippen MR) is 58.5 cm³/mol. The van der Waals surface area contributed by atoms with Crippen LogP contribution in [0.4, 0.5) is 0 Å². The van der Waals surface area contributed by atoms with Crippen LogP contribution in [-0.4, -0.2) is 9.55 Å². The third-order valence-electron chi connectivity index (χ3n) is 2.31. The molecule has 0 bridgehead atoms. The lowest BCUT2D eigenvalue weighted by Crippen LogP contribution is -1.99. The van der Waals surface area contributed by atoms with Gasteiger partial charge in [-0.1, -0.05) is 26.2 Å². The van der Waals surface area contributed by atoms with Gasteiger partial charge in [-0.05, 0) is 25.6 Å². The molecule has 0 amide bonds. The van der Waals surface area contributed by atoms with Crippen LogP contribution in [0.3, 0.4) is 0 Å². The van der Waals surface area contributed by atoms with Crippen molar-refractivity contribution in [1.29, 1.82) is 0 Å². The quantitative estimate of drug-likeness (QED) is 0.568. The fourth-order valence-corrected chi connectivity index (χ4v) is 1.75. The minimum absolute atomic E-state index is 0.856. The van der Waals surface area contributed by atoms with Gasteiger partial charge < -0.3 is 9.55 Å². The number of H-pyrrole nitrogens is 1. The van der Waals surface area contributed by atoms with Gasteiger partial charge in [0.1, 0.15) is 0 Å². The average Bonchev–Trinajstić information content (AvgIpc) is 2.42. The maximum atomic E-state index is 5.16. The molecule has 0 aliphatic rings. The number of unbranched alkanes of at least 4 members (excludes halogenated alkanes) is 3. The van der Waals surface area contributed by atoms with Crippen LogP contribution in [0.1, 0.15) is 38.3 Å². The minimum Gasteiger partial charge on any atom is -0.337 e. The van der Waals surface area contributed by atoms with Crippen molar-refractivity contribution in [2.75, 3.05) is 0 Å². The SMILES string of the molecule is CCCCCCn1c(C)c[nH]c1=S. The highest BCUT2D eigenvalue weighted by Crippen LogP contribution is 2.05. The molecule has 1 heterocycles. The maximum absolute atomic E-state index is 5.16. The van der Waals surface area contributed by atoms with Gasteiger partial charge in [-0.2, -0.15) is 0 Å². The summed E-state index contributed by atoms with van der Waals surface area (Å²) in [7, 11) is 0. The highest BCUT2D eigenvalue weighted by molar-refractivity contribution is 7.71. The maximum Gasteiger partial charge on any atom is 0.177 e. The molecule has 0 spiro atoms. The minimum atomic E-state index is 0.856. The van der Waals surface area contributed by atoms with E-state index in [9.17, 15) is 0 Å². The van der Waals surface area contributed by atoms with E-state index in [2.05, 4.69) is 23.4 Å². The zero-order chi connectivity index (χ0) is 9.68. The molecule has 13 heavy (non-hydrogen) atoms. The predicted octanol–water partition coefficient (Wildman–Crippen LogP) is 3.43. The second kappa shape index (κ2) is 5.22. The zero-order valence-electron chi connectivity index (χ0n) is 8.47. The van der Waals surface area contributed by atoms with Gasteiger partial charge in [-0.25, -0.2) is 0 Å². The zero-order valence-corrected chi connectivity index (χ0v) is 9.28. The van der Waals surface area contributed by atoms with E-state index in [1.807, 2.05) is 6.20 Å². The largest absolute Gasteiger partial charge is 0.337 e. The first kappa shape index (κ1) is 10.5. The van der Waals surface area contributed by atoms with Crippen molar-refractivity contribution in [3.8, 4) is 0 Å². The summed E-state index contributed by atoms with van der Waals surface area (Å²) in [6.07, 6.45) is 7.14. The third kappa shape index (κ3) is 2.99. The third-order valence-corrected chi connectivity index (χ3v) is 2.65. The van der Waals surface area contributed by atoms with Crippen LogP contribution >= 0.6 is 12.2 Å². The Hall–Kier alpha value is -0.570. The second-order valence-electron chi connectivity index (χ2n) is 3.45. The Morgan fingerprint density at radius 2 is 2.15 bits per heavy atom. The lowest BCUT2D eigenvalue weighted by molar-refractivity contribution is 0.570. The number of imidazole rings is 1. The molecule has 3 heteroatoms. The highest BCUT2D eigenvalue weighted by atomic mass is 32.1. The van der Waals surface area contributed by atoms with E-state index in [-0.39, 0.29) is 0 Å². The van der Waals surface area contributed by atoms with E-state index in [4.69, 9.17) is 12.2 Å². The Balaban J connectivity index is 2.40. The summed E-state index contributed by atoms with van der Waals surface area (Å²) >= 11 is 5.16. The van der Waals surface area contributed by atoms with Gasteiger partial charge in [0.15, 0.2) is 4.77 Å². The van der Waals surface area contributed by atoms with Gasteiger partial charge in [0.2, 0.25) is 0 Å². The van der Waals surface area contributed by atoms with Crippen LogP contribution in [0.2, 0.25) is 0 Å². The summed E-state index contributed by atoms with van der Waals surface area (Å²) in [6.45, 7) is 5.38. The number of nitrogens with zero attached hydrogens (tertiary/aromatic N) is 1. The van der Waals surface area contributed by atoms with E-state index in [0.29, 0.717) is 0 Å². The highest BCUT2D eigenvalue weighted by Gasteiger charge is 1.97. The van der Waals surface area contributed by atoms with Crippen molar-refractivity contribution in [1.82, 2.24) is 9.55 Å². The van der Waals surface area contributed by atoms with Gasteiger partial charge in [0, 0.05) is 18.4 Å². The van der Waals surface area contributed by atoms with Crippen LogP contribution < -0.4 is 0 Å². The van der Waals surface area contributed by atoms with Crippen molar-refractivity contribution in [2.45, 2.75) is 46.1 Å². The normalized spacial score (nSPS) is 10.6. The molecule has 0 atom stereocenters. The van der Waals surface area contributed by atoms with Crippen LogP contribution in [-0.2, 0) is 6.54 Å². The summed E-state index contributed by atoms with van der Waals surface area (Å²) in [4.78, 5) is 3.06. The first-order valence-corrected chi connectivity index (χ1v) is 5.41. The standard InChI is InChI=1S/C10H18N2S/c1-3-4-5-6-7-12-9(2)8-11-10(12)13/h8H,3-7H2,1-2H3,(H,11,13). The van der Waals surface area contributed by atoms with Crippen molar-refractivity contribution in [3.63, 3.8) is 0 Å². The molecule has 0 fully saturated rings. The molecule has 0 saturated heterocycles. The van der Waals surface area contributed by atoms with Gasteiger partial charge in [-0.3, -0.25) is 0 Å². The summed E-state index contributed by atoms with van der Waals surface area (Å²) in [5, 5.41) is 0. The Morgan fingerprint density at radius 3 is 2.69 bits per heavy atom.